The van der Waals surface area contributed by atoms with Gasteiger partial charge in [-0.2, -0.15) is 0 Å². The van der Waals surface area contributed by atoms with Crippen molar-refractivity contribution in [3.05, 3.63) is 64.7 Å². The SMILES string of the molecule is CCOc1ccc(CN2CCN(Cc3ccccc3Cl)C[C@@H]2CCO)cc1. The number of nitrogens with zero attached hydrogens (tertiary/aromatic N) is 2. The first-order valence-electron chi connectivity index (χ1n) is 9.72. The first-order chi connectivity index (χ1) is 13.2. The molecule has 1 heterocycles. The van der Waals surface area contributed by atoms with Crippen LogP contribution in [0.15, 0.2) is 48.5 Å². The molecule has 0 aromatic heterocycles. The Balaban J connectivity index is 1.61. The Bertz CT molecular complexity index is 708. The van der Waals surface area contributed by atoms with E-state index in [0.717, 1.165) is 49.9 Å². The molecule has 2 aromatic rings. The first-order valence-corrected chi connectivity index (χ1v) is 10.1. The second-order valence-corrected chi connectivity index (χ2v) is 7.45. The van der Waals surface area contributed by atoms with Crippen LogP contribution in [-0.4, -0.2) is 53.8 Å². The zero-order chi connectivity index (χ0) is 19.1. The standard InChI is InChI=1S/C22H29ClN2O2/c1-2-27-21-9-7-18(8-10-21)15-25-13-12-24(17-20(25)11-14-26)16-19-5-3-4-6-22(19)23/h3-10,20,26H,2,11-17H2,1H3/t20-/m0/s1. The summed E-state index contributed by atoms with van der Waals surface area (Å²) >= 11 is 6.32. The molecule has 0 radical (unpaired) electrons. The molecule has 0 saturated carbocycles. The quantitative estimate of drug-likeness (QED) is 0.746. The third kappa shape index (κ3) is 5.69. The van der Waals surface area contributed by atoms with Crippen LogP contribution in [0.1, 0.15) is 24.5 Å². The van der Waals surface area contributed by atoms with Crippen molar-refractivity contribution in [3.8, 4) is 5.75 Å². The fourth-order valence-corrected chi connectivity index (χ4v) is 3.89. The Labute approximate surface area is 167 Å². The van der Waals surface area contributed by atoms with Gasteiger partial charge in [0.15, 0.2) is 0 Å². The van der Waals surface area contributed by atoms with Gasteiger partial charge in [0.1, 0.15) is 5.75 Å². The molecule has 2 aromatic carbocycles. The van der Waals surface area contributed by atoms with Crippen molar-refractivity contribution in [3.63, 3.8) is 0 Å². The highest BCUT2D eigenvalue weighted by Gasteiger charge is 2.26. The maximum absolute atomic E-state index is 9.54. The van der Waals surface area contributed by atoms with Gasteiger partial charge >= 0.3 is 0 Å². The smallest absolute Gasteiger partial charge is 0.119 e. The van der Waals surface area contributed by atoms with Gasteiger partial charge in [0.2, 0.25) is 0 Å². The fourth-order valence-electron chi connectivity index (χ4n) is 3.69. The van der Waals surface area contributed by atoms with E-state index in [1.54, 1.807) is 0 Å². The van der Waals surface area contributed by atoms with E-state index >= 15 is 0 Å². The number of piperazine rings is 1. The van der Waals surface area contributed by atoms with Crippen molar-refractivity contribution in [1.29, 1.82) is 0 Å². The van der Waals surface area contributed by atoms with E-state index in [2.05, 4.69) is 28.0 Å². The van der Waals surface area contributed by atoms with Crippen molar-refractivity contribution in [2.24, 2.45) is 0 Å². The monoisotopic (exact) mass is 388 g/mol. The summed E-state index contributed by atoms with van der Waals surface area (Å²) in [6.07, 6.45) is 0.788. The molecule has 27 heavy (non-hydrogen) atoms. The minimum atomic E-state index is 0.213. The summed E-state index contributed by atoms with van der Waals surface area (Å²) < 4.78 is 5.53. The fraction of sp³-hybridized carbons (Fsp3) is 0.455. The first kappa shape index (κ1) is 20.2. The Hall–Kier alpha value is -1.59. The molecule has 0 aliphatic carbocycles. The lowest BCUT2D eigenvalue weighted by Crippen LogP contribution is -2.52. The van der Waals surface area contributed by atoms with E-state index in [4.69, 9.17) is 16.3 Å². The van der Waals surface area contributed by atoms with Gasteiger partial charge in [0.25, 0.3) is 0 Å². The van der Waals surface area contributed by atoms with Crippen LogP contribution in [0, 0.1) is 0 Å². The van der Waals surface area contributed by atoms with Crippen molar-refractivity contribution < 1.29 is 9.84 Å². The van der Waals surface area contributed by atoms with Gasteiger partial charge in [0, 0.05) is 50.4 Å². The summed E-state index contributed by atoms with van der Waals surface area (Å²) in [5, 5.41) is 10.4. The lowest BCUT2D eigenvalue weighted by Gasteiger charge is -2.41. The minimum absolute atomic E-state index is 0.213. The summed E-state index contributed by atoms with van der Waals surface area (Å²) in [6.45, 7) is 7.59. The molecular formula is C22H29ClN2O2. The zero-order valence-corrected chi connectivity index (χ0v) is 16.7. The van der Waals surface area contributed by atoms with E-state index in [-0.39, 0.29) is 6.61 Å². The van der Waals surface area contributed by atoms with Gasteiger partial charge in [-0.25, -0.2) is 0 Å². The number of aliphatic hydroxyl groups excluding tert-OH is 1. The van der Waals surface area contributed by atoms with Crippen LogP contribution >= 0.6 is 11.6 Å². The highest BCUT2D eigenvalue weighted by atomic mass is 35.5. The molecule has 1 aliphatic heterocycles. The van der Waals surface area contributed by atoms with Crippen LogP contribution in [0.3, 0.4) is 0 Å². The third-order valence-corrected chi connectivity index (χ3v) is 5.49. The van der Waals surface area contributed by atoms with E-state index in [1.807, 2.05) is 37.3 Å². The summed E-state index contributed by atoms with van der Waals surface area (Å²) in [5.74, 6) is 0.915. The summed E-state index contributed by atoms with van der Waals surface area (Å²) in [5.41, 5.74) is 2.45. The van der Waals surface area contributed by atoms with Gasteiger partial charge in [-0.15, -0.1) is 0 Å². The van der Waals surface area contributed by atoms with Gasteiger partial charge in [0.05, 0.1) is 6.61 Å². The van der Waals surface area contributed by atoms with Gasteiger partial charge in [-0.05, 0) is 42.7 Å². The van der Waals surface area contributed by atoms with Crippen molar-refractivity contribution >= 4 is 11.6 Å². The summed E-state index contributed by atoms with van der Waals surface area (Å²) in [7, 11) is 0. The summed E-state index contributed by atoms with van der Waals surface area (Å²) in [6, 6.07) is 16.7. The van der Waals surface area contributed by atoms with Crippen LogP contribution in [-0.2, 0) is 13.1 Å². The van der Waals surface area contributed by atoms with Crippen molar-refractivity contribution in [1.82, 2.24) is 9.80 Å². The third-order valence-electron chi connectivity index (χ3n) is 5.12. The van der Waals surface area contributed by atoms with Crippen LogP contribution < -0.4 is 4.74 Å². The number of hydrogen-bond acceptors (Lipinski definition) is 4. The normalized spacial score (nSPS) is 18.6. The average Bonchev–Trinajstić information content (AvgIpc) is 2.68. The van der Waals surface area contributed by atoms with Gasteiger partial charge in [-0.1, -0.05) is 41.9 Å². The largest absolute Gasteiger partial charge is 0.494 e. The number of hydrogen-bond donors (Lipinski definition) is 1. The molecule has 4 nitrogen and oxygen atoms in total. The van der Waals surface area contributed by atoms with E-state index in [1.165, 1.54) is 11.1 Å². The molecule has 146 valence electrons. The lowest BCUT2D eigenvalue weighted by molar-refractivity contribution is 0.0500. The van der Waals surface area contributed by atoms with Gasteiger partial charge < -0.3 is 9.84 Å². The van der Waals surface area contributed by atoms with E-state index in [9.17, 15) is 5.11 Å². The predicted molar refractivity (Wildman–Crippen MR) is 110 cm³/mol. The maximum Gasteiger partial charge on any atom is 0.119 e. The van der Waals surface area contributed by atoms with E-state index < -0.39 is 0 Å². The topological polar surface area (TPSA) is 35.9 Å². The maximum atomic E-state index is 9.54. The second-order valence-electron chi connectivity index (χ2n) is 7.04. The molecule has 0 amide bonds. The van der Waals surface area contributed by atoms with Crippen molar-refractivity contribution in [2.45, 2.75) is 32.5 Å². The highest BCUT2D eigenvalue weighted by Crippen LogP contribution is 2.22. The zero-order valence-electron chi connectivity index (χ0n) is 16.0. The molecule has 0 spiro atoms. The molecule has 0 bridgehead atoms. The Morgan fingerprint density at radius 3 is 2.56 bits per heavy atom. The number of benzene rings is 2. The molecule has 5 heteroatoms. The average molecular weight is 389 g/mol. The Morgan fingerprint density at radius 1 is 1.07 bits per heavy atom. The molecule has 1 fully saturated rings. The van der Waals surface area contributed by atoms with Crippen LogP contribution in [0.25, 0.3) is 0 Å². The second kappa shape index (κ2) is 10.1. The van der Waals surface area contributed by atoms with E-state index in [0.29, 0.717) is 12.6 Å². The van der Waals surface area contributed by atoms with Crippen molar-refractivity contribution in [2.75, 3.05) is 32.8 Å². The Kier molecular flexibility index (Phi) is 7.53. The van der Waals surface area contributed by atoms with Crippen LogP contribution in [0.2, 0.25) is 5.02 Å². The molecule has 1 aliphatic rings. The molecule has 0 unspecified atom stereocenters. The molecular weight excluding hydrogens is 360 g/mol. The predicted octanol–water partition coefficient (Wildman–Crippen LogP) is 3.81. The number of halogens is 1. The molecule has 1 N–H and O–H groups in total. The molecule has 3 rings (SSSR count). The van der Waals surface area contributed by atoms with Gasteiger partial charge in [-0.3, -0.25) is 9.80 Å². The number of rotatable bonds is 8. The van der Waals surface area contributed by atoms with Crippen LogP contribution in [0.4, 0.5) is 0 Å². The number of aliphatic hydroxyl groups is 1. The Morgan fingerprint density at radius 2 is 1.85 bits per heavy atom. The lowest BCUT2D eigenvalue weighted by atomic mass is 10.1. The number of ether oxygens (including phenoxy) is 1. The molecule has 1 atom stereocenters. The minimum Gasteiger partial charge on any atom is -0.494 e. The summed E-state index contributed by atoms with van der Waals surface area (Å²) in [4.78, 5) is 4.92. The highest BCUT2D eigenvalue weighted by molar-refractivity contribution is 6.31. The van der Waals surface area contributed by atoms with Crippen LogP contribution in [0.5, 0.6) is 5.75 Å². The molecule has 1 saturated heterocycles.